The average molecular weight is 289 g/mol. The van der Waals surface area contributed by atoms with E-state index in [1.54, 1.807) is 10.7 Å². The fourth-order valence-corrected chi connectivity index (χ4v) is 2.67. The van der Waals surface area contributed by atoms with Crippen molar-refractivity contribution in [3.8, 4) is 6.07 Å². The lowest BCUT2D eigenvalue weighted by Gasteiger charge is -2.13. The molecule has 1 N–H and O–H groups in total. The van der Waals surface area contributed by atoms with Crippen LogP contribution >= 0.6 is 0 Å². The van der Waals surface area contributed by atoms with Crippen molar-refractivity contribution in [2.24, 2.45) is 0 Å². The van der Waals surface area contributed by atoms with Crippen LogP contribution in [0, 0.1) is 11.3 Å². The summed E-state index contributed by atoms with van der Waals surface area (Å²) in [4.78, 5) is 4.62. The van der Waals surface area contributed by atoms with Crippen molar-refractivity contribution in [3.63, 3.8) is 0 Å². The summed E-state index contributed by atoms with van der Waals surface area (Å²) in [5, 5.41) is 17.3. The second-order valence-electron chi connectivity index (χ2n) is 5.55. The van der Waals surface area contributed by atoms with E-state index < -0.39 is 0 Å². The molecule has 0 saturated heterocycles. The first-order valence-corrected chi connectivity index (χ1v) is 7.42. The zero-order valence-electron chi connectivity index (χ0n) is 12.0. The molecule has 1 saturated carbocycles. The predicted molar refractivity (Wildman–Crippen MR) is 83.4 cm³/mol. The van der Waals surface area contributed by atoms with Crippen molar-refractivity contribution < 1.29 is 0 Å². The highest BCUT2D eigenvalue weighted by atomic mass is 15.3. The minimum atomic E-state index is 0.423. The molecule has 1 aliphatic carbocycles. The van der Waals surface area contributed by atoms with Gasteiger partial charge in [-0.05, 0) is 18.4 Å². The molecular formula is C17H15N5. The van der Waals surface area contributed by atoms with Crippen LogP contribution in [0.4, 0.5) is 5.82 Å². The molecule has 108 valence electrons. The summed E-state index contributed by atoms with van der Waals surface area (Å²) < 4.78 is 1.72. The van der Waals surface area contributed by atoms with Gasteiger partial charge >= 0.3 is 0 Å². The summed E-state index contributed by atoms with van der Waals surface area (Å²) in [5.74, 6) is 1.16. The molecule has 0 spiro atoms. The topological polar surface area (TPSA) is 66.0 Å². The highest BCUT2D eigenvalue weighted by Gasteiger charge is 2.30. The van der Waals surface area contributed by atoms with E-state index in [9.17, 15) is 5.26 Å². The summed E-state index contributed by atoms with van der Waals surface area (Å²) in [5.41, 5.74) is 3.48. The summed E-state index contributed by atoms with van der Waals surface area (Å²) in [6.45, 7) is 0.651. The summed E-state index contributed by atoms with van der Waals surface area (Å²) in [7, 11) is 0. The molecule has 2 heterocycles. The molecule has 2 aromatic heterocycles. The maximum atomic E-state index is 9.60. The van der Waals surface area contributed by atoms with Gasteiger partial charge in [-0.3, -0.25) is 0 Å². The summed E-state index contributed by atoms with van der Waals surface area (Å²) >= 11 is 0. The molecule has 5 nitrogen and oxygen atoms in total. The second kappa shape index (κ2) is 5.15. The SMILES string of the molecule is N#Cc1c(C2CC2)nc2ccnn2c1NCc1ccccc1. The minimum absolute atomic E-state index is 0.423. The lowest BCUT2D eigenvalue weighted by Crippen LogP contribution is -2.11. The minimum Gasteiger partial charge on any atom is -0.365 e. The zero-order chi connectivity index (χ0) is 14.9. The predicted octanol–water partition coefficient (Wildman–Crippen LogP) is 3.09. The Morgan fingerprint density at radius 1 is 1.23 bits per heavy atom. The molecule has 0 unspecified atom stereocenters. The van der Waals surface area contributed by atoms with Crippen molar-refractivity contribution in [3.05, 3.63) is 59.4 Å². The monoisotopic (exact) mass is 289 g/mol. The fraction of sp³-hybridized carbons (Fsp3) is 0.235. The van der Waals surface area contributed by atoms with E-state index in [0.29, 0.717) is 18.0 Å². The van der Waals surface area contributed by atoms with Crippen LogP contribution in [0.5, 0.6) is 0 Å². The molecular weight excluding hydrogens is 274 g/mol. The Balaban J connectivity index is 1.77. The van der Waals surface area contributed by atoms with Crippen molar-refractivity contribution in [2.45, 2.75) is 25.3 Å². The highest BCUT2D eigenvalue weighted by Crippen LogP contribution is 2.42. The smallest absolute Gasteiger partial charge is 0.157 e. The summed E-state index contributed by atoms with van der Waals surface area (Å²) in [6, 6.07) is 14.3. The number of benzene rings is 1. The molecule has 4 rings (SSSR count). The van der Waals surface area contributed by atoms with E-state index in [2.05, 4.69) is 33.6 Å². The summed E-state index contributed by atoms with van der Waals surface area (Å²) in [6.07, 6.45) is 3.95. The van der Waals surface area contributed by atoms with Crippen LogP contribution in [-0.2, 0) is 6.54 Å². The fourth-order valence-electron chi connectivity index (χ4n) is 2.67. The number of fused-ring (bicyclic) bond motifs is 1. The number of nitriles is 1. The molecule has 5 heteroatoms. The molecule has 22 heavy (non-hydrogen) atoms. The van der Waals surface area contributed by atoms with Gasteiger partial charge in [0.2, 0.25) is 0 Å². The second-order valence-corrected chi connectivity index (χ2v) is 5.55. The van der Waals surface area contributed by atoms with E-state index in [1.807, 2.05) is 24.3 Å². The Kier molecular flexibility index (Phi) is 3.01. The number of hydrogen-bond donors (Lipinski definition) is 1. The van der Waals surface area contributed by atoms with Crippen LogP contribution in [0.2, 0.25) is 0 Å². The normalized spacial score (nSPS) is 14.0. The van der Waals surface area contributed by atoms with Crippen LogP contribution in [0.15, 0.2) is 42.6 Å². The van der Waals surface area contributed by atoms with Gasteiger partial charge in [0.05, 0.1) is 11.9 Å². The third-order valence-electron chi connectivity index (χ3n) is 3.94. The van der Waals surface area contributed by atoms with E-state index >= 15 is 0 Å². The standard InChI is InChI=1S/C17H15N5/c18-10-14-16(13-6-7-13)21-15-8-9-20-22(15)17(14)19-11-12-4-2-1-3-5-12/h1-5,8-9,13,19H,6-7,11H2. The molecule has 0 bridgehead atoms. The van der Waals surface area contributed by atoms with Gasteiger partial charge in [-0.15, -0.1) is 0 Å². The number of hydrogen-bond acceptors (Lipinski definition) is 4. The molecule has 1 aliphatic rings. The number of aromatic nitrogens is 3. The van der Waals surface area contributed by atoms with Crippen LogP contribution in [-0.4, -0.2) is 14.6 Å². The van der Waals surface area contributed by atoms with Crippen molar-refractivity contribution in [1.29, 1.82) is 5.26 Å². The van der Waals surface area contributed by atoms with E-state index in [0.717, 1.165) is 35.6 Å². The van der Waals surface area contributed by atoms with E-state index in [4.69, 9.17) is 0 Å². The third-order valence-corrected chi connectivity index (χ3v) is 3.94. The molecule has 0 radical (unpaired) electrons. The first-order valence-electron chi connectivity index (χ1n) is 7.42. The van der Waals surface area contributed by atoms with Crippen molar-refractivity contribution in [2.75, 3.05) is 5.32 Å². The maximum absolute atomic E-state index is 9.60. The van der Waals surface area contributed by atoms with E-state index in [-0.39, 0.29) is 0 Å². The number of anilines is 1. The molecule has 0 aliphatic heterocycles. The molecule has 0 amide bonds. The van der Waals surface area contributed by atoms with Crippen LogP contribution in [0.25, 0.3) is 5.65 Å². The van der Waals surface area contributed by atoms with Gasteiger partial charge in [0.25, 0.3) is 0 Å². The molecule has 1 fully saturated rings. The van der Waals surface area contributed by atoms with E-state index in [1.165, 1.54) is 0 Å². The Morgan fingerprint density at radius 2 is 2.05 bits per heavy atom. The Bertz CT molecular complexity index is 856. The lowest BCUT2D eigenvalue weighted by molar-refractivity contribution is 0.892. The number of nitrogens with zero attached hydrogens (tertiary/aromatic N) is 4. The number of nitrogens with one attached hydrogen (secondary N) is 1. The Morgan fingerprint density at radius 3 is 2.77 bits per heavy atom. The highest BCUT2D eigenvalue weighted by molar-refractivity contribution is 5.61. The third kappa shape index (κ3) is 2.19. The van der Waals surface area contributed by atoms with Gasteiger partial charge in [0, 0.05) is 18.5 Å². The van der Waals surface area contributed by atoms with Crippen LogP contribution in [0.3, 0.4) is 0 Å². The van der Waals surface area contributed by atoms with Crippen molar-refractivity contribution in [1.82, 2.24) is 14.6 Å². The van der Waals surface area contributed by atoms with Gasteiger partial charge in [-0.25, -0.2) is 4.98 Å². The number of rotatable bonds is 4. The maximum Gasteiger partial charge on any atom is 0.157 e. The Labute approximate surface area is 128 Å². The zero-order valence-corrected chi connectivity index (χ0v) is 12.0. The van der Waals surface area contributed by atoms with Crippen LogP contribution < -0.4 is 5.32 Å². The van der Waals surface area contributed by atoms with Gasteiger partial charge in [-0.2, -0.15) is 14.9 Å². The first-order chi connectivity index (χ1) is 10.9. The van der Waals surface area contributed by atoms with Gasteiger partial charge in [-0.1, -0.05) is 30.3 Å². The average Bonchev–Trinajstić information content (AvgIpc) is 3.30. The quantitative estimate of drug-likeness (QED) is 0.801. The molecule has 1 aromatic carbocycles. The van der Waals surface area contributed by atoms with Gasteiger partial charge in [0.1, 0.15) is 17.5 Å². The van der Waals surface area contributed by atoms with Crippen molar-refractivity contribution >= 4 is 11.5 Å². The van der Waals surface area contributed by atoms with Gasteiger partial charge in [0.15, 0.2) is 5.65 Å². The van der Waals surface area contributed by atoms with Gasteiger partial charge < -0.3 is 5.32 Å². The molecule has 3 aromatic rings. The Hall–Kier alpha value is -2.87. The van der Waals surface area contributed by atoms with Crippen LogP contribution in [0.1, 0.15) is 35.6 Å². The molecule has 0 atom stereocenters. The largest absolute Gasteiger partial charge is 0.365 e. The lowest BCUT2D eigenvalue weighted by atomic mass is 10.1. The first kappa shape index (κ1) is 12.8.